The smallest absolute Gasteiger partial charge is 0.306 e. The summed E-state index contributed by atoms with van der Waals surface area (Å²) in [5.41, 5.74) is 0.379. The van der Waals surface area contributed by atoms with E-state index in [1.165, 1.54) is 45.6 Å². The van der Waals surface area contributed by atoms with Crippen LogP contribution in [0, 0.1) is 28.6 Å². The Morgan fingerprint density at radius 1 is 1.14 bits per heavy atom. The highest BCUT2D eigenvalue weighted by molar-refractivity contribution is 5.70. The number of carbonyl (C=O) groups excluding carboxylic acids is 1. The summed E-state index contributed by atoms with van der Waals surface area (Å²) >= 11 is 0. The summed E-state index contributed by atoms with van der Waals surface area (Å²) in [6.07, 6.45) is 10.0. The predicted octanol–water partition coefficient (Wildman–Crippen LogP) is 4.20. The topological polar surface area (TPSA) is 35.5 Å². The van der Waals surface area contributed by atoms with Gasteiger partial charge in [-0.05, 0) is 68.1 Å². The van der Waals surface area contributed by atoms with Crippen molar-refractivity contribution in [3.8, 4) is 0 Å². The van der Waals surface area contributed by atoms with Gasteiger partial charge in [0.15, 0.2) is 0 Å². The molecule has 3 nitrogen and oxygen atoms in total. The maximum absolute atomic E-state index is 11.6. The molecule has 1 unspecified atom stereocenters. The minimum absolute atomic E-state index is 0.0879. The highest BCUT2D eigenvalue weighted by atomic mass is 16.5. The van der Waals surface area contributed by atoms with Crippen molar-refractivity contribution < 1.29 is 14.3 Å². The minimum Gasteiger partial charge on any atom is -0.469 e. The molecular weight excluding hydrogens is 276 g/mol. The van der Waals surface area contributed by atoms with Gasteiger partial charge < -0.3 is 9.47 Å². The van der Waals surface area contributed by atoms with Crippen LogP contribution in [-0.4, -0.2) is 26.3 Å². The lowest BCUT2D eigenvalue weighted by Crippen LogP contribution is -2.48. The van der Waals surface area contributed by atoms with Gasteiger partial charge in [0, 0.05) is 5.41 Å². The lowest BCUT2D eigenvalue weighted by Gasteiger charge is -2.56. The lowest BCUT2D eigenvalue weighted by atomic mass is 9.50. The molecule has 4 saturated carbocycles. The summed E-state index contributed by atoms with van der Waals surface area (Å²) in [6.45, 7) is 5.87. The van der Waals surface area contributed by atoms with Crippen LogP contribution in [0.3, 0.4) is 0 Å². The average Bonchev–Trinajstić information content (AvgIpc) is 2.45. The van der Waals surface area contributed by atoms with Gasteiger partial charge in [-0.15, -0.1) is 0 Å². The molecule has 0 aromatic carbocycles. The van der Waals surface area contributed by atoms with Crippen molar-refractivity contribution in [1.29, 1.82) is 0 Å². The molecule has 4 rings (SSSR count). The van der Waals surface area contributed by atoms with E-state index in [0.29, 0.717) is 18.4 Å². The Morgan fingerprint density at radius 3 is 2.14 bits per heavy atom. The monoisotopic (exact) mass is 308 g/mol. The summed E-state index contributed by atoms with van der Waals surface area (Å²) in [6, 6.07) is 0. The molecule has 0 aromatic rings. The first-order chi connectivity index (χ1) is 10.5. The lowest BCUT2D eigenvalue weighted by molar-refractivity contribution is -0.145. The van der Waals surface area contributed by atoms with Gasteiger partial charge in [-0.2, -0.15) is 0 Å². The van der Waals surface area contributed by atoms with Gasteiger partial charge in [-0.1, -0.05) is 13.8 Å². The van der Waals surface area contributed by atoms with Crippen molar-refractivity contribution in [2.45, 2.75) is 65.2 Å². The van der Waals surface area contributed by atoms with Gasteiger partial charge in [0.05, 0.1) is 26.7 Å². The standard InChI is InChI=1S/C19H32O3/c1-4-18(2,11-17(20)21-3)12-22-13-19-8-14-5-15(9-19)7-16(6-14)10-19/h14-16H,4-13H2,1-3H3. The normalized spacial score (nSPS) is 38.8. The first-order valence-corrected chi connectivity index (χ1v) is 9.10. The van der Waals surface area contributed by atoms with E-state index in [0.717, 1.165) is 30.8 Å². The molecule has 3 heteroatoms. The largest absolute Gasteiger partial charge is 0.469 e. The predicted molar refractivity (Wildman–Crippen MR) is 86.5 cm³/mol. The highest BCUT2D eigenvalue weighted by Crippen LogP contribution is 2.60. The third-order valence-electron chi connectivity index (χ3n) is 6.68. The number of ether oxygens (including phenoxy) is 2. The Hall–Kier alpha value is -0.570. The van der Waals surface area contributed by atoms with Crippen LogP contribution in [0.1, 0.15) is 65.2 Å². The Morgan fingerprint density at radius 2 is 1.68 bits per heavy atom. The van der Waals surface area contributed by atoms with Crippen LogP contribution in [0.15, 0.2) is 0 Å². The number of methoxy groups -OCH3 is 1. The van der Waals surface area contributed by atoms with Crippen LogP contribution in [0.2, 0.25) is 0 Å². The summed E-state index contributed by atoms with van der Waals surface area (Å²) < 4.78 is 11.0. The van der Waals surface area contributed by atoms with Crippen LogP contribution in [0.25, 0.3) is 0 Å². The highest BCUT2D eigenvalue weighted by Gasteiger charge is 2.51. The van der Waals surface area contributed by atoms with E-state index < -0.39 is 0 Å². The summed E-state index contributed by atoms with van der Waals surface area (Å²) in [4.78, 5) is 11.6. The number of esters is 1. The second-order valence-electron chi connectivity index (χ2n) is 8.83. The van der Waals surface area contributed by atoms with Crippen molar-refractivity contribution in [1.82, 2.24) is 0 Å². The van der Waals surface area contributed by atoms with E-state index >= 15 is 0 Å². The van der Waals surface area contributed by atoms with Gasteiger partial charge >= 0.3 is 5.97 Å². The Labute approximate surface area is 135 Å². The molecule has 0 aromatic heterocycles. The average molecular weight is 308 g/mol. The number of hydrogen-bond donors (Lipinski definition) is 0. The molecule has 4 fully saturated rings. The summed E-state index contributed by atoms with van der Waals surface area (Å²) in [7, 11) is 1.47. The van der Waals surface area contributed by atoms with E-state index in [4.69, 9.17) is 9.47 Å². The van der Waals surface area contributed by atoms with Crippen molar-refractivity contribution in [2.75, 3.05) is 20.3 Å². The fourth-order valence-corrected chi connectivity index (χ4v) is 5.68. The van der Waals surface area contributed by atoms with Crippen molar-refractivity contribution in [3.05, 3.63) is 0 Å². The molecular formula is C19H32O3. The Kier molecular flexibility index (Phi) is 4.55. The Balaban J connectivity index is 1.53. The minimum atomic E-state index is -0.122. The van der Waals surface area contributed by atoms with Gasteiger partial charge in [0.25, 0.3) is 0 Å². The molecule has 1 atom stereocenters. The summed E-state index contributed by atoms with van der Waals surface area (Å²) in [5.74, 6) is 2.80. The SMILES string of the molecule is CCC(C)(COCC12CC3CC(CC(C3)C1)C2)CC(=O)OC. The quantitative estimate of drug-likeness (QED) is 0.661. The zero-order chi connectivity index (χ0) is 15.8. The molecule has 0 amide bonds. The van der Waals surface area contributed by atoms with Crippen LogP contribution in [0.4, 0.5) is 0 Å². The van der Waals surface area contributed by atoms with E-state index in [-0.39, 0.29) is 11.4 Å². The second kappa shape index (κ2) is 6.14. The van der Waals surface area contributed by atoms with Gasteiger partial charge in [-0.25, -0.2) is 0 Å². The van der Waals surface area contributed by atoms with Crippen molar-refractivity contribution in [3.63, 3.8) is 0 Å². The van der Waals surface area contributed by atoms with E-state index in [2.05, 4.69) is 13.8 Å². The fourth-order valence-electron chi connectivity index (χ4n) is 5.68. The molecule has 0 heterocycles. The van der Waals surface area contributed by atoms with E-state index in [1.54, 1.807) is 0 Å². The Bertz CT molecular complexity index is 382. The van der Waals surface area contributed by atoms with Crippen molar-refractivity contribution in [2.24, 2.45) is 28.6 Å². The molecule has 4 aliphatic rings. The fraction of sp³-hybridized carbons (Fsp3) is 0.947. The molecule has 0 radical (unpaired) electrons. The van der Waals surface area contributed by atoms with Crippen LogP contribution in [0.5, 0.6) is 0 Å². The molecule has 0 N–H and O–H groups in total. The molecule has 4 aliphatic carbocycles. The zero-order valence-electron chi connectivity index (χ0n) is 14.5. The van der Waals surface area contributed by atoms with Gasteiger partial charge in [0.1, 0.15) is 0 Å². The number of carbonyl (C=O) groups is 1. The number of rotatable bonds is 7. The van der Waals surface area contributed by atoms with Crippen molar-refractivity contribution >= 4 is 5.97 Å². The molecule has 0 aliphatic heterocycles. The summed E-state index contributed by atoms with van der Waals surface area (Å²) in [5, 5.41) is 0. The maximum atomic E-state index is 11.6. The van der Waals surface area contributed by atoms with Crippen LogP contribution >= 0.6 is 0 Å². The first-order valence-electron chi connectivity index (χ1n) is 9.10. The third-order valence-corrected chi connectivity index (χ3v) is 6.68. The second-order valence-corrected chi connectivity index (χ2v) is 8.83. The van der Waals surface area contributed by atoms with E-state index in [9.17, 15) is 4.79 Å². The number of hydrogen-bond acceptors (Lipinski definition) is 3. The van der Waals surface area contributed by atoms with Gasteiger partial charge in [-0.3, -0.25) is 4.79 Å². The third kappa shape index (κ3) is 3.34. The van der Waals surface area contributed by atoms with Crippen LogP contribution in [-0.2, 0) is 14.3 Å². The molecule has 4 bridgehead atoms. The molecule has 126 valence electrons. The maximum Gasteiger partial charge on any atom is 0.306 e. The van der Waals surface area contributed by atoms with E-state index in [1.807, 2.05) is 0 Å². The molecule has 0 spiro atoms. The van der Waals surface area contributed by atoms with Crippen LogP contribution < -0.4 is 0 Å². The molecule has 0 saturated heterocycles. The molecule has 22 heavy (non-hydrogen) atoms. The van der Waals surface area contributed by atoms with Gasteiger partial charge in [0.2, 0.25) is 0 Å². The first kappa shape index (κ1) is 16.3. The zero-order valence-corrected chi connectivity index (χ0v) is 14.5.